The highest BCUT2D eigenvalue weighted by molar-refractivity contribution is 5.81. The summed E-state index contributed by atoms with van der Waals surface area (Å²) in [5.41, 5.74) is 0. The number of ether oxygens (including phenoxy) is 1. The van der Waals surface area contributed by atoms with Gasteiger partial charge in [-0.25, -0.2) is 0 Å². The van der Waals surface area contributed by atoms with Crippen molar-refractivity contribution in [2.75, 3.05) is 26.2 Å². The van der Waals surface area contributed by atoms with Crippen molar-refractivity contribution in [3.8, 4) is 6.07 Å². The lowest BCUT2D eigenvalue weighted by Crippen LogP contribution is -2.48. The number of hydrogen-bond acceptors (Lipinski definition) is 4. The summed E-state index contributed by atoms with van der Waals surface area (Å²) >= 11 is 0. The molecule has 1 amide bonds. The molecule has 1 heterocycles. The lowest BCUT2D eigenvalue weighted by molar-refractivity contribution is -0.134. The van der Waals surface area contributed by atoms with Crippen LogP contribution in [-0.4, -0.2) is 38.3 Å². The van der Waals surface area contributed by atoms with E-state index in [2.05, 4.69) is 10.6 Å². The molecule has 1 aliphatic rings. The first-order chi connectivity index (χ1) is 6.84. The predicted octanol–water partition coefficient (Wildman–Crippen LogP) is -0.605. The van der Waals surface area contributed by atoms with E-state index in [1.807, 2.05) is 6.07 Å². The van der Waals surface area contributed by atoms with Gasteiger partial charge < -0.3 is 15.4 Å². The molecule has 2 N–H and O–H groups in total. The summed E-state index contributed by atoms with van der Waals surface area (Å²) in [6.07, 6.45) is 0.803. The molecule has 0 bridgehead atoms. The maximum Gasteiger partial charge on any atom is 0.250 e. The Balaban J connectivity index is 2.11. The van der Waals surface area contributed by atoms with E-state index in [4.69, 9.17) is 10.00 Å². The Kier molecular flexibility index (Phi) is 4.97. The number of carbonyl (C=O) groups excluding carboxylic acids is 1. The van der Waals surface area contributed by atoms with Crippen molar-refractivity contribution in [1.82, 2.24) is 10.6 Å². The van der Waals surface area contributed by atoms with Crippen LogP contribution in [0.15, 0.2) is 0 Å². The van der Waals surface area contributed by atoms with E-state index in [0.717, 1.165) is 6.54 Å². The second-order valence-electron chi connectivity index (χ2n) is 3.12. The summed E-state index contributed by atoms with van der Waals surface area (Å²) in [7, 11) is 0. The zero-order valence-electron chi connectivity index (χ0n) is 8.08. The van der Waals surface area contributed by atoms with Gasteiger partial charge in [-0.3, -0.25) is 4.79 Å². The van der Waals surface area contributed by atoms with E-state index in [-0.39, 0.29) is 12.0 Å². The summed E-state index contributed by atoms with van der Waals surface area (Å²) < 4.78 is 5.26. The zero-order chi connectivity index (χ0) is 10.2. The molecule has 5 nitrogen and oxygen atoms in total. The molecule has 1 rings (SSSR count). The summed E-state index contributed by atoms with van der Waals surface area (Å²) in [5.74, 6) is -0.0878. The van der Waals surface area contributed by atoms with Crippen LogP contribution < -0.4 is 10.6 Å². The molecule has 1 atom stereocenters. The minimum absolute atomic E-state index is 0.0878. The van der Waals surface area contributed by atoms with Crippen molar-refractivity contribution in [3.63, 3.8) is 0 Å². The Morgan fingerprint density at radius 3 is 3.21 bits per heavy atom. The van der Waals surface area contributed by atoms with Gasteiger partial charge in [0.05, 0.1) is 12.7 Å². The number of nitrogens with zero attached hydrogens (tertiary/aromatic N) is 1. The largest absolute Gasteiger partial charge is 0.366 e. The monoisotopic (exact) mass is 197 g/mol. The molecular weight excluding hydrogens is 182 g/mol. The van der Waals surface area contributed by atoms with Gasteiger partial charge in [-0.2, -0.15) is 5.26 Å². The van der Waals surface area contributed by atoms with E-state index in [1.54, 1.807) is 0 Å². The van der Waals surface area contributed by atoms with Crippen LogP contribution >= 0.6 is 0 Å². The molecule has 5 heteroatoms. The van der Waals surface area contributed by atoms with Crippen LogP contribution in [-0.2, 0) is 9.53 Å². The Hall–Kier alpha value is -1.12. The molecule has 1 unspecified atom stereocenters. The number of carbonyl (C=O) groups is 1. The Bertz CT molecular complexity index is 219. The topological polar surface area (TPSA) is 74.2 Å². The van der Waals surface area contributed by atoms with Crippen LogP contribution in [0.4, 0.5) is 0 Å². The fraction of sp³-hybridized carbons (Fsp3) is 0.778. The van der Waals surface area contributed by atoms with Crippen molar-refractivity contribution >= 4 is 5.91 Å². The lowest BCUT2D eigenvalue weighted by atomic mass is 10.2. The number of amides is 1. The van der Waals surface area contributed by atoms with Gasteiger partial charge in [0.1, 0.15) is 6.10 Å². The quantitative estimate of drug-likeness (QED) is 0.590. The number of nitriles is 1. The molecular formula is C9H15N3O2. The summed E-state index contributed by atoms with van der Waals surface area (Å²) in [5, 5.41) is 14.1. The first-order valence-corrected chi connectivity index (χ1v) is 4.81. The van der Waals surface area contributed by atoms with Gasteiger partial charge in [0.15, 0.2) is 0 Å². The van der Waals surface area contributed by atoms with Crippen molar-refractivity contribution in [2.24, 2.45) is 0 Å². The third kappa shape index (κ3) is 3.73. The molecule has 0 radical (unpaired) electrons. The van der Waals surface area contributed by atoms with Crippen LogP contribution in [0, 0.1) is 11.3 Å². The molecule has 1 aliphatic heterocycles. The molecule has 0 aromatic heterocycles. The van der Waals surface area contributed by atoms with Crippen molar-refractivity contribution in [2.45, 2.75) is 18.9 Å². The molecule has 0 aromatic rings. The van der Waals surface area contributed by atoms with Gasteiger partial charge in [0, 0.05) is 26.1 Å². The van der Waals surface area contributed by atoms with E-state index in [9.17, 15) is 4.79 Å². The molecule has 0 spiro atoms. The Labute approximate surface area is 83.4 Å². The Morgan fingerprint density at radius 1 is 1.71 bits per heavy atom. The van der Waals surface area contributed by atoms with E-state index in [1.165, 1.54) is 0 Å². The summed E-state index contributed by atoms with van der Waals surface area (Å²) in [4.78, 5) is 11.4. The SMILES string of the molecule is N#CCCCNC(=O)C1CNCCO1. The first-order valence-electron chi connectivity index (χ1n) is 4.81. The van der Waals surface area contributed by atoms with E-state index < -0.39 is 0 Å². The second-order valence-corrected chi connectivity index (χ2v) is 3.12. The molecule has 78 valence electrons. The second kappa shape index (κ2) is 6.35. The van der Waals surface area contributed by atoms with Crippen molar-refractivity contribution < 1.29 is 9.53 Å². The molecule has 14 heavy (non-hydrogen) atoms. The van der Waals surface area contributed by atoms with Gasteiger partial charge in [-0.15, -0.1) is 0 Å². The zero-order valence-corrected chi connectivity index (χ0v) is 8.08. The van der Waals surface area contributed by atoms with Gasteiger partial charge in [0.25, 0.3) is 0 Å². The van der Waals surface area contributed by atoms with Crippen LogP contribution in [0.1, 0.15) is 12.8 Å². The lowest BCUT2D eigenvalue weighted by Gasteiger charge is -2.22. The van der Waals surface area contributed by atoms with Crippen LogP contribution in [0.5, 0.6) is 0 Å². The average molecular weight is 197 g/mol. The fourth-order valence-corrected chi connectivity index (χ4v) is 1.23. The fourth-order valence-electron chi connectivity index (χ4n) is 1.23. The van der Waals surface area contributed by atoms with Crippen LogP contribution in [0.3, 0.4) is 0 Å². The normalized spacial score (nSPS) is 21.2. The highest BCUT2D eigenvalue weighted by Crippen LogP contribution is 1.95. The van der Waals surface area contributed by atoms with Gasteiger partial charge >= 0.3 is 0 Å². The summed E-state index contributed by atoms with van der Waals surface area (Å²) in [6, 6.07) is 2.03. The third-order valence-corrected chi connectivity index (χ3v) is 1.98. The first kappa shape index (κ1) is 11.0. The number of nitrogens with one attached hydrogen (secondary N) is 2. The highest BCUT2D eigenvalue weighted by Gasteiger charge is 2.20. The standard InChI is InChI=1S/C9H15N3O2/c10-3-1-2-4-12-9(13)8-7-11-5-6-14-8/h8,11H,1-2,4-7H2,(H,12,13). The maximum atomic E-state index is 11.4. The van der Waals surface area contributed by atoms with E-state index >= 15 is 0 Å². The van der Waals surface area contributed by atoms with Crippen molar-refractivity contribution in [1.29, 1.82) is 5.26 Å². The molecule has 0 aromatic carbocycles. The van der Waals surface area contributed by atoms with E-state index in [0.29, 0.717) is 32.5 Å². The maximum absolute atomic E-state index is 11.4. The highest BCUT2D eigenvalue weighted by atomic mass is 16.5. The molecule has 1 saturated heterocycles. The van der Waals surface area contributed by atoms with Crippen LogP contribution in [0.2, 0.25) is 0 Å². The Morgan fingerprint density at radius 2 is 2.57 bits per heavy atom. The van der Waals surface area contributed by atoms with Gasteiger partial charge in [-0.05, 0) is 6.42 Å². The summed E-state index contributed by atoms with van der Waals surface area (Å²) in [6.45, 7) is 2.50. The molecule has 1 fully saturated rings. The number of hydrogen-bond donors (Lipinski definition) is 2. The third-order valence-electron chi connectivity index (χ3n) is 1.98. The average Bonchev–Trinajstić information content (AvgIpc) is 2.25. The predicted molar refractivity (Wildman–Crippen MR) is 50.5 cm³/mol. The number of unbranched alkanes of at least 4 members (excludes halogenated alkanes) is 1. The van der Waals surface area contributed by atoms with Gasteiger partial charge in [0.2, 0.25) is 5.91 Å². The van der Waals surface area contributed by atoms with Crippen molar-refractivity contribution in [3.05, 3.63) is 0 Å². The van der Waals surface area contributed by atoms with Crippen LogP contribution in [0.25, 0.3) is 0 Å². The minimum atomic E-state index is -0.370. The number of rotatable bonds is 4. The molecule has 0 aliphatic carbocycles. The smallest absolute Gasteiger partial charge is 0.250 e. The molecule has 0 saturated carbocycles. The minimum Gasteiger partial charge on any atom is -0.366 e. The number of morpholine rings is 1. The van der Waals surface area contributed by atoms with Gasteiger partial charge in [-0.1, -0.05) is 0 Å².